The number of rotatable bonds is 15. The third-order valence-corrected chi connectivity index (χ3v) is 5.41. The minimum atomic E-state index is -0.726. The number of nitrogens with zero attached hydrogens (tertiary/aromatic N) is 1. The summed E-state index contributed by atoms with van der Waals surface area (Å²) in [6, 6.07) is 2.27. The van der Waals surface area contributed by atoms with Crippen molar-refractivity contribution in [3.05, 3.63) is 0 Å². The lowest BCUT2D eigenvalue weighted by Gasteiger charge is -2.22. The highest BCUT2D eigenvalue weighted by Crippen LogP contribution is 2.28. The zero-order chi connectivity index (χ0) is 18.3. The van der Waals surface area contributed by atoms with E-state index in [1.54, 1.807) is 0 Å². The van der Waals surface area contributed by atoms with Crippen molar-refractivity contribution in [2.24, 2.45) is 5.41 Å². The molecule has 24 heavy (non-hydrogen) atoms. The number of thiol groups is 1. The van der Waals surface area contributed by atoms with Crippen LogP contribution in [0.25, 0.3) is 0 Å². The number of unbranched alkanes of at least 4 members (excludes halogenated alkanes) is 9. The van der Waals surface area contributed by atoms with Crippen LogP contribution in [-0.2, 0) is 8.98 Å². The van der Waals surface area contributed by atoms with Crippen LogP contribution in [-0.4, -0.2) is 10.8 Å². The summed E-state index contributed by atoms with van der Waals surface area (Å²) in [7, 11) is 0. The zero-order valence-electron chi connectivity index (χ0n) is 15.3. The number of carbonyl (C=O) groups excluding carboxylic acids is 1. The van der Waals surface area contributed by atoms with Gasteiger partial charge in [-0.15, -0.1) is 0 Å². The molecule has 0 amide bonds. The second kappa shape index (κ2) is 14.7. The fraction of sp³-hybridized carbons (Fsp3) is 0.842. The van der Waals surface area contributed by atoms with Crippen LogP contribution in [0.4, 0.5) is 0 Å². The molecule has 138 valence electrons. The lowest BCUT2D eigenvalue weighted by atomic mass is 9.81. The number of hydrogen-bond donors (Lipinski definition) is 1. The quantitative estimate of drug-likeness (QED) is 0.157. The highest BCUT2D eigenvalue weighted by atomic mass is 32.1. The summed E-state index contributed by atoms with van der Waals surface area (Å²) in [6.45, 7) is 4.06. The van der Waals surface area contributed by atoms with Gasteiger partial charge in [0, 0.05) is 24.2 Å². The van der Waals surface area contributed by atoms with Crippen LogP contribution in [0.2, 0.25) is 0 Å². The first-order valence-electron chi connectivity index (χ1n) is 9.29. The van der Waals surface area contributed by atoms with Crippen molar-refractivity contribution in [1.82, 2.24) is 0 Å². The summed E-state index contributed by atoms with van der Waals surface area (Å²) in [5, 5.41) is 9.39. The first kappa shape index (κ1) is 23.4. The molecule has 0 aromatic rings. The van der Waals surface area contributed by atoms with E-state index in [2.05, 4.69) is 30.1 Å². The maximum Gasteiger partial charge on any atom is 0.317 e. The molecule has 0 aromatic carbocycles. The average Bonchev–Trinajstić information content (AvgIpc) is 2.60. The Morgan fingerprint density at radius 1 is 1.04 bits per heavy atom. The topological polar surface area (TPSA) is 50.1 Å². The van der Waals surface area contributed by atoms with Gasteiger partial charge in [-0.1, -0.05) is 76.9 Å². The van der Waals surface area contributed by atoms with Crippen molar-refractivity contribution in [3.8, 4) is 6.07 Å². The molecule has 0 aliphatic rings. The molecule has 0 heterocycles. The van der Waals surface area contributed by atoms with Crippen molar-refractivity contribution < 1.29 is 8.98 Å². The van der Waals surface area contributed by atoms with E-state index in [1.165, 1.54) is 51.4 Å². The second-order valence-corrected chi connectivity index (χ2v) is 7.44. The Bertz CT molecular complexity index is 407. The maximum atomic E-state index is 11.2. The van der Waals surface area contributed by atoms with E-state index in [9.17, 15) is 10.1 Å². The van der Waals surface area contributed by atoms with Gasteiger partial charge in [-0.3, -0.25) is 4.79 Å². The van der Waals surface area contributed by atoms with Crippen molar-refractivity contribution in [2.75, 3.05) is 0 Å². The van der Waals surface area contributed by atoms with E-state index in [0.29, 0.717) is 6.42 Å². The number of thiocarbonyl (C=S) groups is 1. The molecule has 0 fully saturated rings. The minimum absolute atomic E-state index is 0.172. The van der Waals surface area contributed by atoms with Crippen LogP contribution in [0.1, 0.15) is 97.3 Å². The highest BCUT2D eigenvalue weighted by Gasteiger charge is 2.29. The summed E-state index contributed by atoms with van der Waals surface area (Å²) >= 11 is 8.92. The van der Waals surface area contributed by atoms with Crippen molar-refractivity contribution in [2.45, 2.75) is 97.3 Å². The Morgan fingerprint density at radius 3 is 2.00 bits per heavy atom. The Balaban J connectivity index is 3.79. The lowest BCUT2D eigenvalue weighted by molar-refractivity contribution is -0.133. The van der Waals surface area contributed by atoms with Gasteiger partial charge in [0.2, 0.25) is 0 Å². The van der Waals surface area contributed by atoms with Crippen molar-refractivity contribution in [1.29, 1.82) is 5.26 Å². The summed E-state index contributed by atoms with van der Waals surface area (Å²) in [4.78, 5) is 12.0. The van der Waals surface area contributed by atoms with E-state index in [0.717, 1.165) is 24.1 Å². The molecule has 0 saturated carbocycles. The third kappa shape index (κ3) is 11.0. The maximum absolute atomic E-state index is 11.2. The van der Waals surface area contributed by atoms with E-state index in [1.807, 2.05) is 6.92 Å². The second-order valence-electron chi connectivity index (χ2n) is 6.76. The van der Waals surface area contributed by atoms with Crippen molar-refractivity contribution in [3.63, 3.8) is 0 Å². The fourth-order valence-corrected chi connectivity index (χ4v) is 3.09. The van der Waals surface area contributed by atoms with Gasteiger partial charge in [0.1, 0.15) is 0 Å². The largest absolute Gasteiger partial charge is 0.395 e. The third-order valence-electron chi connectivity index (χ3n) is 4.55. The minimum Gasteiger partial charge on any atom is -0.395 e. The molecule has 0 bridgehead atoms. The van der Waals surface area contributed by atoms with Crippen LogP contribution in [0.15, 0.2) is 0 Å². The van der Waals surface area contributed by atoms with Gasteiger partial charge in [-0.05, 0) is 26.2 Å². The summed E-state index contributed by atoms with van der Waals surface area (Å²) < 4.78 is 4.34. The Hall–Kier alpha value is -0.600. The van der Waals surface area contributed by atoms with Crippen LogP contribution < -0.4 is 0 Å². The highest BCUT2D eigenvalue weighted by molar-refractivity contribution is 7.80. The molecule has 0 aliphatic heterocycles. The van der Waals surface area contributed by atoms with Gasteiger partial charge in [-0.25, -0.2) is 0 Å². The normalized spacial score (nSPS) is 13.1. The van der Waals surface area contributed by atoms with Gasteiger partial charge in [0.25, 0.3) is 0 Å². The molecule has 0 radical (unpaired) electrons. The van der Waals surface area contributed by atoms with Crippen LogP contribution >= 0.6 is 25.1 Å². The standard InChI is InChI=1S/C19H33NO2S2/c1-3-4-5-6-7-8-9-10-11-12-13-17(23)19(2,16-20)15-14-18(21)22-24/h24H,3-15H2,1-2H3. The van der Waals surface area contributed by atoms with Crippen molar-refractivity contribution >= 4 is 36.0 Å². The molecule has 5 heteroatoms. The summed E-state index contributed by atoms with van der Waals surface area (Å²) in [5.74, 6) is -0.415. The molecule has 0 saturated heterocycles. The molecular formula is C19H33NO2S2. The lowest BCUT2D eigenvalue weighted by Crippen LogP contribution is -2.25. The van der Waals surface area contributed by atoms with Gasteiger partial charge >= 0.3 is 5.97 Å². The van der Waals surface area contributed by atoms with Gasteiger partial charge in [0.05, 0.1) is 11.5 Å². The predicted molar refractivity (Wildman–Crippen MR) is 107 cm³/mol. The first-order chi connectivity index (χ1) is 11.5. The van der Waals surface area contributed by atoms with Crippen LogP contribution in [0.5, 0.6) is 0 Å². The molecule has 0 aromatic heterocycles. The van der Waals surface area contributed by atoms with E-state index >= 15 is 0 Å². The van der Waals surface area contributed by atoms with E-state index in [-0.39, 0.29) is 6.42 Å². The molecule has 1 atom stereocenters. The molecule has 1 unspecified atom stereocenters. The Morgan fingerprint density at radius 2 is 1.54 bits per heavy atom. The predicted octanol–water partition coefficient (Wildman–Crippen LogP) is 6.37. The first-order valence-corrected chi connectivity index (χ1v) is 10.1. The van der Waals surface area contributed by atoms with E-state index < -0.39 is 11.4 Å². The smallest absolute Gasteiger partial charge is 0.317 e. The van der Waals surface area contributed by atoms with Gasteiger partial charge < -0.3 is 4.18 Å². The van der Waals surface area contributed by atoms with E-state index in [4.69, 9.17) is 12.2 Å². The Kier molecular flexibility index (Phi) is 14.4. The Labute approximate surface area is 159 Å². The molecule has 3 nitrogen and oxygen atoms in total. The molecule has 0 N–H and O–H groups in total. The SMILES string of the molecule is CCCCCCCCCCCCC(=S)C(C)(C#N)CCC(=O)OS. The molecule has 0 aliphatic carbocycles. The number of hydrogen-bond acceptors (Lipinski definition) is 5. The summed E-state index contributed by atoms with van der Waals surface area (Å²) in [6.07, 6.45) is 14.2. The molecule has 0 rings (SSSR count). The van der Waals surface area contributed by atoms with Crippen LogP contribution in [0.3, 0.4) is 0 Å². The van der Waals surface area contributed by atoms with Gasteiger partial charge in [0.15, 0.2) is 0 Å². The average molecular weight is 372 g/mol. The monoisotopic (exact) mass is 371 g/mol. The summed E-state index contributed by atoms with van der Waals surface area (Å²) in [5.41, 5.74) is -0.726. The zero-order valence-corrected chi connectivity index (χ0v) is 17.0. The molecular weight excluding hydrogens is 338 g/mol. The fourth-order valence-electron chi connectivity index (χ4n) is 2.70. The van der Waals surface area contributed by atoms with Crippen LogP contribution in [0, 0.1) is 16.7 Å². The molecule has 0 spiro atoms. The van der Waals surface area contributed by atoms with Gasteiger partial charge in [-0.2, -0.15) is 5.26 Å². The number of nitriles is 1. The number of carbonyl (C=O) groups is 1.